The van der Waals surface area contributed by atoms with Gasteiger partial charge in [-0.3, -0.25) is 4.79 Å². The molecule has 1 aromatic heterocycles. The molecule has 0 aliphatic carbocycles. The van der Waals surface area contributed by atoms with Crippen LogP contribution in [0.2, 0.25) is 5.02 Å². The fourth-order valence-corrected chi connectivity index (χ4v) is 2.84. The zero-order valence-corrected chi connectivity index (χ0v) is 13.8. The van der Waals surface area contributed by atoms with Gasteiger partial charge in [0, 0.05) is 18.8 Å². The highest BCUT2D eigenvalue weighted by molar-refractivity contribution is 6.33. The second-order valence-corrected chi connectivity index (χ2v) is 6.08. The van der Waals surface area contributed by atoms with Crippen molar-refractivity contribution in [2.24, 2.45) is 0 Å². The third kappa shape index (κ3) is 3.79. The fourth-order valence-electron chi connectivity index (χ4n) is 2.65. The quantitative estimate of drug-likeness (QED) is 0.932. The Morgan fingerprint density at radius 3 is 2.65 bits per heavy atom. The average molecular weight is 331 g/mol. The average Bonchev–Trinajstić information content (AvgIpc) is 2.57. The van der Waals surface area contributed by atoms with Gasteiger partial charge in [0.1, 0.15) is 5.69 Å². The fraction of sp³-hybridized carbons (Fsp3) is 0.353. The SMILES string of the molecule is Cc1cc(C(=O)Nc2ccccc2Cl)nc(N2CCCCC2)n1. The van der Waals surface area contributed by atoms with Crippen molar-refractivity contribution < 1.29 is 4.79 Å². The maximum absolute atomic E-state index is 12.5. The topological polar surface area (TPSA) is 58.1 Å². The number of benzene rings is 1. The van der Waals surface area contributed by atoms with Crippen LogP contribution in [0.5, 0.6) is 0 Å². The van der Waals surface area contributed by atoms with Crippen LogP contribution in [0, 0.1) is 6.92 Å². The largest absolute Gasteiger partial charge is 0.341 e. The lowest BCUT2D eigenvalue weighted by molar-refractivity contribution is 0.102. The number of carbonyl (C=O) groups is 1. The second kappa shape index (κ2) is 6.96. The first kappa shape index (κ1) is 15.7. The molecule has 0 unspecified atom stereocenters. The number of aromatic nitrogens is 2. The lowest BCUT2D eigenvalue weighted by Crippen LogP contribution is -2.31. The summed E-state index contributed by atoms with van der Waals surface area (Å²) in [7, 11) is 0. The molecule has 1 N–H and O–H groups in total. The molecule has 0 spiro atoms. The summed E-state index contributed by atoms with van der Waals surface area (Å²) in [6.07, 6.45) is 3.51. The maximum atomic E-state index is 12.5. The zero-order chi connectivity index (χ0) is 16.2. The molecular weight excluding hydrogens is 312 g/mol. The Morgan fingerprint density at radius 1 is 1.17 bits per heavy atom. The highest BCUT2D eigenvalue weighted by atomic mass is 35.5. The van der Waals surface area contributed by atoms with Gasteiger partial charge < -0.3 is 10.2 Å². The zero-order valence-electron chi connectivity index (χ0n) is 13.1. The van der Waals surface area contributed by atoms with Gasteiger partial charge in [0.05, 0.1) is 10.7 Å². The second-order valence-electron chi connectivity index (χ2n) is 5.68. The number of amides is 1. The van der Waals surface area contributed by atoms with E-state index < -0.39 is 0 Å². The van der Waals surface area contributed by atoms with Crippen LogP contribution in [-0.4, -0.2) is 29.0 Å². The van der Waals surface area contributed by atoms with Crippen molar-refractivity contribution >= 4 is 29.1 Å². The van der Waals surface area contributed by atoms with Gasteiger partial charge in [-0.15, -0.1) is 0 Å². The van der Waals surface area contributed by atoms with Crippen LogP contribution in [0.3, 0.4) is 0 Å². The monoisotopic (exact) mass is 330 g/mol. The number of halogens is 1. The van der Waals surface area contributed by atoms with Crippen molar-refractivity contribution in [3.8, 4) is 0 Å². The molecule has 1 fully saturated rings. The number of aryl methyl sites for hydroxylation is 1. The lowest BCUT2D eigenvalue weighted by atomic mass is 10.1. The van der Waals surface area contributed by atoms with E-state index in [1.54, 1.807) is 18.2 Å². The summed E-state index contributed by atoms with van der Waals surface area (Å²) in [5, 5.41) is 3.31. The molecule has 2 aromatic rings. The van der Waals surface area contributed by atoms with E-state index in [0.29, 0.717) is 22.4 Å². The molecule has 1 amide bonds. The van der Waals surface area contributed by atoms with E-state index in [2.05, 4.69) is 20.2 Å². The van der Waals surface area contributed by atoms with Crippen LogP contribution < -0.4 is 10.2 Å². The van der Waals surface area contributed by atoms with Gasteiger partial charge in [0.2, 0.25) is 5.95 Å². The number of nitrogens with zero attached hydrogens (tertiary/aromatic N) is 3. The number of anilines is 2. The molecule has 5 nitrogen and oxygen atoms in total. The summed E-state index contributed by atoms with van der Waals surface area (Å²) in [6.45, 7) is 3.76. The molecule has 1 aliphatic rings. The number of rotatable bonds is 3. The van der Waals surface area contributed by atoms with Crippen molar-refractivity contribution in [2.75, 3.05) is 23.3 Å². The van der Waals surface area contributed by atoms with Gasteiger partial charge in [0.25, 0.3) is 5.91 Å². The Kier molecular flexibility index (Phi) is 4.76. The predicted octanol–water partition coefficient (Wildman–Crippen LogP) is 3.68. The number of para-hydroxylation sites is 1. The van der Waals surface area contributed by atoms with Crippen LogP contribution in [-0.2, 0) is 0 Å². The van der Waals surface area contributed by atoms with Crippen LogP contribution in [0.15, 0.2) is 30.3 Å². The molecule has 0 saturated carbocycles. The Hall–Kier alpha value is -2.14. The first-order valence-electron chi connectivity index (χ1n) is 7.80. The third-order valence-corrected chi connectivity index (χ3v) is 4.17. The summed E-state index contributed by atoms with van der Waals surface area (Å²) in [5.74, 6) is 0.357. The number of piperidine rings is 1. The van der Waals surface area contributed by atoms with Gasteiger partial charge >= 0.3 is 0 Å². The first-order chi connectivity index (χ1) is 11.1. The predicted molar refractivity (Wildman–Crippen MR) is 92.2 cm³/mol. The summed E-state index contributed by atoms with van der Waals surface area (Å²) >= 11 is 6.08. The summed E-state index contributed by atoms with van der Waals surface area (Å²) in [5.41, 5.74) is 1.72. The minimum absolute atomic E-state index is 0.276. The smallest absolute Gasteiger partial charge is 0.274 e. The van der Waals surface area contributed by atoms with Crippen LogP contribution in [0.25, 0.3) is 0 Å². The molecule has 0 radical (unpaired) electrons. The Balaban J connectivity index is 1.83. The van der Waals surface area contributed by atoms with Crippen LogP contribution >= 0.6 is 11.6 Å². The number of nitrogens with one attached hydrogen (secondary N) is 1. The Morgan fingerprint density at radius 2 is 1.91 bits per heavy atom. The normalized spacial score (nSPS) is 14.6. The van der Waals surface area contributed by atoms with Crippen molar-refractivity contribution in [1.82, 2.24) is 9.97 Å². The Labute approximate surface area is 140 Å². The summed E-state index contributed by atoms with van der Waals surface area (Å²) in [4.78, 5) is 23.5. The summed E-state index contributed by atoms with van der Waals surface area (Å²) in [6, 6.07) is 8.84. The molecule has 6 heteroatoms. The van der Waals surface area contributed by atoms with Gasteiger partial charge in [-0.25, -0.2) is 9.97 Å². The van der Waals surface area contributed by atoms with Gasteiger partial charge in [-0.05, 0) is 44.4 Å². The van der Waals surface area contributed by atoms with E-state index in [4.69, 9.17) is 11.6 Å². The number of hydrogen-bond acceptors (Lipinski definition) is 4. The van der Waals surface area contributed by atoms with E-state index in [0.717, 1.165) is 31.6 Å². The van der Waals surface area contributed by atoms with Gasteiger partial charge in [0.15, 0.2) is 0 Å². The number of carbonyl (C=O) groups excluding carboxylic acids is 1. The van der Waals surface area contributed by atoms with E-state index in [1.807, 2.05) is 19.1 Å². The molecular formula is C17H19ClN4O. The van der Waals surface area contributed by atoms with Crippen LogP contribution in [0.1, 0.15) is 35.4 Å². The first-order valence-corrected chi connectivity index (χ1v) is 8.18. The lowest BCUT2D eigenvalue weighted by Gasteiger charge is -2.27. The highest BCUT2D eigenvalue weighted by Gasteiger charge is 2.17. The van der Waals surface area contributed by atoms with Crippen LogP contribution in [0.4, 0.5) is 11.6 Å². The molecule has 1 saturated heterocycles. The molecule has 120 valence electrons. The minimum Gasteiger partial charge on any atom is -0.341 e. The van der Waals surface area contributed by atoms with Crippen molar-refractivity contribution in [3.05, 3.63) is 46.7 Å². The molecule has 0 bridgehead atoms. The van der Waals surface area contributed by atoms with Crippen molar-refractivity contribution in [2.45, 2.75) is 26.2 Å². The molecule has 1 aliphatic heterocycles. The molecule has 3 rings (SSSR count). The standard InChI is InChI=1S/C17H19ClN4O/c1-12-11-15(16(23)20-14-8-4-3-7-13(14)18)21-17(19-12)22-9-5-2-6-10-22/h3-4,7-8,11H,2,5-6,9-10H2,1H3,(H,20,23). The van der Waals surface area contributed by atoms with E-state index in [1.165, 1.54) is 6.42 Å². The minimum atomic E-state index is -0.276. The van der Waals surface area contributed by atoms with Crippen molar-refractivity contribution in [3.63, 3.8) is 0 Å². The number of hydrogen-bond donors (Lipinski definition) is 1. The molecule has 0 atom stereocenters. The Bertz CT molecular complexity index is 713. The van der Waals surface area contributed by atoms with E-state index in [9.17, 15) is 4.79 Å². The molecule has 23 heavy (non-hydrogen) atoms. The highest BCUT2D eigenvalue weighted by Crippen LogP contribution is 2.22. The third-order valence-electron chi connectivity index (χ3n) is 3.84. The van der Waals surface area contributed by atoms with Gasteiger partial charge in [-0.1, -0.05) is 23.7 Å². The van der Waals surface area contributed by atoms with E-state index >= 15 is 0 Å². The molecule has 1 aromatic carbocycles. The van der Waals surface area contributed by atoms with E-state index in [-0.39, 0.29) is 5.91 Å². The maximum Gasteiger partial charge on any atom is 0.274 e. The van der Waals surface area contributed by atoms with Gasteiger partial charge in [-0.2, -0.15) is 0 Å². The van der Waals surface area contributed by atoms with Crippen molar-refractivity contribution in [1.29, 1.82) is 0 Å². The summed E-state index contributed by atoms with van der Waals surface area (Å²) < 4.78 is 0. The molecule has 2 heterocycles.